The summed E-state index contributed by atoms with van der Waals surface area (Å²) in [5.41, 5.74) is 11.3. The standard InChI is InChI=1S/C29H61N3O6/c1-3-4-5-6-7-8-9-10-11-12-13-14-15-16-20-36-22-24(35-2)23-37-29-26(32-19-17-18-30)28(34)27(33)25(21-31)38-29/h24-29,32-34H,3-23,30-31H2,1-2H3/t24-,25-,26-,27-,28-,29-/m1/s1. The van der Waals surface area contributed by atoms with E-state index in [1.807, 2.05) is 0 Å². The molecular formula is C29H61N3O6. The number of hydrogen-bond donors (Lipinski definition) is 5. The summed E-state index contributed by atoms with van der Waals surface area (Å²) in [6.45, 7) is 4.85. The van der Waals surface area contributed by atoms with Gasteiger partial charge in [0.15, 0.2) is 6.29 Å². The lowest BCUT2D eigenvalue weighted by atomic mass is 9.96. The summed E-state index contributed by atoms with van der Waals surface area (Å²) in [5.74, 6) is 0. The molecule has 7 N–H and O–H groups in total. The molecule has 1 rings (SSSR count). The van der Waals surface area contributed by atoms with Crippen molar-refractivity contribution in [2.45, 2.75) is 140 Å². The molecule has 1 aliphatic heterocycles. The highest BCUT2D eigenvalue weighted by Crippen LogP contribution is 2.22. The number of aliphatic hydroxyl groups is 2. The molecule has 1 aliphatic rings. The van der Waals surface area contributed by atoms with Crippen molar-refractivity contribution in [3.05, 3.63) is 0 Å². The van der Waals surface area contributed by atoms with Gasteiger partial charge in [-0.2, -0.15) is 0 Å². The van der Waals surface area contributed by atoms with E-state index in [0.717, 1.165) is 12.8 Å². The molecular weight excluding hydrogens is 486 g/mol. The Kier molecular flexibility index (Phi) is 22.9. The molecule has 1 saturated heterocycles. The molecule has 0 saturated carbocycles. The van der Waals surface area contributed by atoms with E-state index in [1.54, 1.807) is 7.11 Å². The first-order valence-corrected chi connectivity index (χ1v) is 15.5. The highest BCUT2D eigenvalue weighted by molar-refractivity contribution is 4.94. The molecule has 38 heavy (non-hydrogen) atoms. The molecule has 0 bridgehead atoms. The van der Waals surface area contributed by atoms with Crippen molar-refractivity contribution in [2.75, 3.05) is 46.6 Å². The third kappa shape index (κ3) is 16.0. The van der Waals surface area contributed by atoms with Crippen molar-refractivity contribution < 1.29 is 29.2 Å². The fourth-order valence-electron chi connectivity index (χ4n) is 4.86. The van der Waals surface area contributed by atoms with Gasteiger partial charge in [-0.05, 0) is 25.9 Å². The summed E-state index contributed by atoms with van der Waals surface area (Å²) in [6.07, 6.45) is 15.6. The van der Waals surface area contributed by atoms with E-state index < -0.39 is 30.6 Å². The van der Waals surface area contributed by atoms with E-state index >= 15 is 0 Å². The molecule has 228 valence electrons. The van der Waals surface area contributed by atoms with Gasteiger partial charge in [0.05, 0.1) is 19.3 Å². The number of ether oxygens (including phenoxy) is 4. The molecule has 0 aromatic carbocycles. The van der Waals surface area contributed by atoms with Crippen molar-refractivity contribution in [1.29, 1.82) is 0 Å². The van der Waals surface area contributed by atoms with E-state index in [-0.39, 0.29) is 19.3 Å². The molecule has 1 heterocycles. The van der Waals surface area contributed by atoms with Gasteiger partial charge in [0.2, 0.25) is 0 Å². The molecule has 0 spiro atoms. The van der Waals surface area contributed by atoms with E-state index in [9.17, 15) is 10.2 Å². The molecule has 0 aromatic rings. The van der Waals surface area contributed by atoms with Gasteiger partial charge in [-0.3, -0.25) is 0 Å². The summed E-state index contributed by atoms with van der Waals surface area (Å²) in [7, 11) is 1.63. The van der Waals surface area contributed by atoms with Gasteiger partial charge in [-0.25, -0.2) is 0 Å². The van der Waals surface area contributed by atoms with Crippen LogP contribution in [0.1, 0.15) is 103 Å². The summed E-state index contributed by atoms with van der Waals surface area (Å²) >= 11 is 0. The summed E-state index contributed by atoms with van der Waals surface area (Å²) in [6, 6.07) is -0.590. The van der Waals surface area contributed by atoms with Crippen molar-refractivity contribution >= 4 is 0 Å². The lowest BCUT2D eigenvalue weighted by Gasteiger charge is -2.43. The maximum absolute atomic E-state index is 10.6. The number of nitrogens with two attached hydrogens (primary N) is 2. The molecule has 0 aliphatic carbocycles. The smallest absolute Gasteiger partial charge is 0.176 e. The van der Waals surface area contributed by atoms with Crippen molar-refractivity contribution in [1.82, 2.24) is 5.32 Å². The zero-order valence-corrected chi connectivity index (χ0v) is 24.5. The summed E-state index contributed by atoms with van der Waals surface area (Å²) in [4.78, 5) is 0. The van der Waals surface area contributed by atoms with Crippen molar-refractivity contribution in [3.8, 4) is 0 Å². The Labute approximate surface area is 232 Å². The topological polar surface area (TPSA) is 141 Å². The zero-order valence-electron chi connectivity index (χ0n) is 24.5. The Morgan fingerprint density at radius 2 is 1.37 bits per heavy atom. The van der Waals surface area contributed by atoms with E-state index in [1.165, 1.54) is 83.5 Å². The number of nitrogens with one attached hydrogen (secondary N) is 1. The number of rotatable bonds is 26. The van der Waals surface area contributed by atoms with Gasteiger partial charge in [0.25, 0.3) is 0 Å². The van der Waals surface area contributed by atoms with Crippen molar-refractivity contribution in [3.63, 3.8) is 0 Å². The van der Waals surface area contributed by atoms with Crippen LogP contribution in [-0.4, -0.2) is 93.5 Å². The van der Waals surface area contributed by atoms with Crippen LogP contribution in [0.2, 0.25) is 0 Å². The average molecular weight is 548 g/mol. The lowest BCUT2D eigenvalue weighted by Crippen LogP contribution is -2.64. The van der Waals surface area contributed by atoms with Crippen LogP contribution in [0.4, 0.5) is 0 Å². The second-order valence-electron chi connectivity index (χ2n) is 10.7. The Morgan fingerprint density at radius 3 is 1.89 bits per heavy atom. The van der Waals surface area contributed by atoms with Crippen LogP contribution in [0.3, 0.4) is 0 Å². The van der Waals surface area contributed by atoms with E-state index in [0.29, 0.717) is 26.3 Å². The normalized spacial score (nSPS) is 24.6. The van der Waals surface area contributed by atoms with Gasteiger partial charge in [0.1, 0.15) is 24.4 Å². The van der Waals surface area contributed by atoms with Crippen molar-refractivity contribution in [2.24, 2.45) is 11.5 Å². The molecule has 0 aromatic heterocycles. The minimum Gasteiger partial charge on any atom is -0.388 e. The Balaban J connectivity index is 2.12. The molecule has 9 heteroatoms. The number of unbranched alkanes of at least 4 members (excludes halogenated alkanes) is 13. The number of aliphatic hydroxyl groups excluding tert-OH is 2. The maximum atomic E-state index is 10.6. The monoisotopic (exact) mass is 547 g/mol. The van der Waals surface area contributed by atoms with Gasteiger partial charge in [-0.1, -0.05) is 90.4 Å². The molecule has 1 fully saturated rings. The Bertz CT molecular complexity index is 519. The SMILES string of the molecule is CCCCCCCCCCCCCCCCOC[C@H](CO[C@@H]1O[C@H](CN)[C@@H](O)[C@H](O)[C@H]1NCCCN)OC. The van der Waals surface area contributed by atoms with Crippen LogP contribution in [-0.2, 0) is 18.9 Å². The van der Waals surface area contributed by atoms with Gasteiger partial charge < -0.3 is 45.9 Å². The number of methoxy groups -OCH3 is 1. The van der Waals surface area contributed by atoms with Crippen LogP contribution in [0, 0.1) is 0 Å². The van der Waals surface area contributed by atoms with Crippen LogP contribution < -0.4 is 16.8 Å². The minimum absolute atomic E-state index is 0.0869. The second-order valence-corrected chi connectivity index (χ2v) is 10.7. The molecule has 6 atom stereocenters. The highest BCUT2D eigenvalue weighted by atomic mass is 16.7. The second kappa shape index (κ2) is 24.4. The fourth-order valence-corrected chi connectivity index (χ4v) is 4.86. The Hall–Kier alpha value is -0.360. The highest BCUT2D eigenvalue weighted by Gasteiger charge is 2.44. The van der Waals surface area contributed by atoms with Gasteiger partial charge >= 0.3 is 0 Å². The molecule has 9 nitrogen and oxygen atoms in total. The van der Waals surface area contributed by atoms with Gasteiger partial charge in [-0.15, -0.1) is 0 Å². The molecule has 0 radical (unpaired) electrons. The minimum atomic E-state index is -1.08. The average Bonchev–Trinajstić information content (AvgIpc) is 2.93. The third-order valence-corrected chi connectivity index (χ3v) is 7.42. The first kappa shape index (κ1) is 35.7. The fraction of sp³-hybridized carbons (Fsp3) is 1.00. The van der Waals surface area contributed by atoms with Crippen LogP contribution >= 0.6 is 0 Å². The molecule has 0 unspecified atom stereocenters. The summed E-state index contributed by atoms with van der Waals surface area (Å²) in [5, 5.41) is 24.1. The van der Waals surface area contributed by atoms with Crippen LogP contribution in [0.25, 0.3) is 0 Å². The first-order valence-electron chi connectivity index (χ1n) is 15.5. The van der Waals surface area contributed by atoms with Gasteiger partial charge in [0, 0.05) is 20.3 Å². The molecule has 0 amide bonds. The predicted molar refractivity (Wildman–Crippen MR) is 153 cm³/mol. The van der Waals surface area contributed by atoms with E-state index in [2.05, 4.69) is 12.2 Å². The largest absolute Gasteiger partial charge is 0.388 e. The zero-order chi connectivity index (χ0) is 27.8. The lowest BCUT2D eigenvalue weighted by molar-refractivity contribution is -0.269. The van der Waals surface area contributed by atoms with Crippen LogP contribution in [0.15, 0.2) is 0 Å². The quantitative estimate of drug-likeness (QED) is 0.103. The summed E-state index contributed by atoms with van der Waals surface area (Å²) < 4.78 is 23.2. The van der Waals surface area contributed by atoms with E-state index in [4.69, 9.17) is 30.4 Å². The predicted octanol–water partition coefficient (Wildman–Crippen LogP) is 3.23. The third-order valence-electron chi connectivity index (χ3n) is 7.42. The number of hydrogen-bond acceptors (Lipinski definition) is 9. The maximum Gasteiger partial charge on any atom is 0.176 e. The first-order chi connectivity index (χ1) is 18.6. The Morgan fingerprint density at radius 1 is 0.789 bits per heavy atom. The van der Waals surface area contributed by atoms with Crippen LogP contribution in [0.5, 0.6) is 0 Å².